The molecule has 8 heteroatoms. The highest BCUT2D eigenvalue weighted by molar-refractivity contribution is 6.39. The number of nitrogens with one attached hydrogen (secondary N) is 2. The number of rotatable bonds is 5. The fraction of sp³-hybridized carbons (Fsp3) is 0.308. The van der Waals surface area contributed by atoms with Crippen LogP contribution in [-0.2, 0) is 16.0 Å². The van der Waals surface area contributed by atoms with Gasteiger partial charge in [0.25, 0.3) is 0 Å². The molecule has 8 nitrogen and oxygen atoms in total. The zero-order valence-corrected chi connectivity index (χ0v) is 11.3. The predicted molar refractivity (Wildman–Crippen MR) is 71.2 cm³/mol. The number of anilines is 1. The summed E-state index contributed by atoms with van der Waals surface area (Å²) in [7, 11) is 0. The highest BCUT2D eigenvalue weighted by Gasteiger charge is 2.25. The number of aliphatic hydroxyl groups is 1. The number of carbonyl (C=O) groups is 2. The molecule has 21 heavy (non-hydrogen) atoms. The largest absolute Gasteiger partial charge is 0.469 e. The molecule has 2 aromatic heterocycles. The first-order valence-corrected chi connectivity index (χ1v) is 6.21. The van der Waals surface area contributed by atoms with Crippen LogP contribution in [0, 0.1) is 0 Å². The quantitative estimate of drug-likeness (QED) is 0.683. The van der Waals surface area contributed by atoms with E-state index in [1.165, 1.54) is 25.5 Å². The lowest BCUT2D eigenvalue weighted by Gasteiger charge is -2.22. The van der Waals surface area contributed by atoms with E-state index < -0.39 is 17.4 Å². The summed E-state index contributed by atoms with van der Waals surface area (Å²) in [6, 6.07) is 4.82. The Morgan fingerprint density at radius 3 is 2.76 bits per heavy atom. The van der Waals surface area contributed by atoms with Crippen molar-refractivity contribution in [2.24, 2.45) is 0 Å². The van der Waals surface area contributed by atoms with E-state index in [0.717, 1.165) is 0 Å². The molecule has 3 N–H and O–H groups in total. The number of carbonyl (C=O) groups excluding carboxylic acids is 2. The second kappa shape index (κ2) is 6.23. The average Bonchev–Trinajstić information content (AvgIpc) is 3.09. The maximum absolute atomic E-state index is 11.6. The van der Waals surface area contributed by atoms with Gasteiger partial charge in [-0.05, 0) is 19.1 Å². The van der Waals surface area contributed by atoms with Gasteiger partial charge in [0.05, 0.1) is 11.9 Å². The molecule has 2 amide bonds. The summed E-state index contributed by atoms with van der Waals surface area (Å²) in [5.74, 6) is -1.05. The van der Waals surface area contributed by atoms with E-state index in [-0.39, 0.29) is 18.8 Å². The van der Waals surface area contributed by atoms with Crippen molar-refractivity contribution in [1.82, 2.24) is 10.5 Å². The zero-order valence-electron chi connectivity index (χ0n) is 11.3. The Kier molecular flexibility index (Phi) is 4.39. The normalized spacial score (nSPS) is 13.4. The van der Waals surface area contributed by atoms with Crippen molar-refractivity contribution < 1.29 is 23.6 Å². The van der Waals surface area contributed by atoms with Gasteiger partial charge in [0.15, 0.2) is 5.82 Å². The SMILES string of the molecule is CC(O)(CNC(=O)C(=O)Nc1ccon1)Cc1ccco1. The molecular formula is C13H15N3O5. The third kappa shape index (κ3) is 4.46. The lowest BCUT2D eigenvalue weighted by molar-refractivity contribution is -0.136. The van der Waals surface area contributed by atoms with E-state index >= 15 is 0 Å². The van der Waals surface area contributed by atoms with Gasteiger partial charge in [-0.1, -0.05) is 5.16 Å². The number of hydrogen-bond acceptors (Lipinski definition) is 6. The van der Waals surface area contributed by atoms with Gasteiger partial charge in [-0.25, -0.2) is 0 Å². The summed E-state index contributed by atoms with van der Waals surface area (Å²) in [5.41, 5.74) is -1.23. The molecule has 0 bridgehead atoms. The lowest BCUT2D eigenvalue weighted by atomic mass is 10.0. The number of aromatic nitrogens is 1. The van der Waals surface area contributed by atoms with Crippen molar-refractivity contribution in [3.05, 3.63) is 36.5 Å². The summed E-state index contributed by atoms with van der Waals surface area (Å²) in [5, 5.41) is 18.2. The van der Waals surface area contributed by atoms with Crippen molar-refractivity contribution in [3.63, 3.8) is 0 Å². The first kappa shape index (κ1) is 14.8. The fourth-order valence-electron chi connectivity index (χ4n) is 1.65. The number of nitrogens with zero attached hydrogens (tertiary/aromatic N) is 1. The maximum Gasteiger partial charge on any atom is 0.314 e. The van der Waals surface area contributed by atoms with Crippen LogP contribution in [0.3, 0.4) is 0 Å². The smallest absolute Gasteiger partial charge is 0.314 e. The van der Waals surface area contributed by atoms with Gasteiger partial charge >= 0.3 is 11.8 Å². The van der Waals surface area contributed by atoms with Gasteiger partial charge in [0.1, 0.15) is 12.0 Å². The Labute approximate surface area is 120 Å². The van der Waals surface area contributed by atoms with E-state index in [4.69, 9.17) is 4.42 Å². The first-order chi connectivity index (χ1) is 9.96. The number of hydrogen-bond donors (Lipinski definition) is 3. The van der Waals surface area contributed by atoms with E-state index in [1.807, 2.05) is 0 Å². The number of amides is 2. The van der Waals surface area contributed by atoms with Gasteiger partial charge < -0.3 is 19.4 Å². The molecule has 0 aliphatic heterocycles. The van der Waals surface area contributed by atoms with Gasteiger partial charge in [-0.3, -0.25) is 14.9 Å². The van der Waals surface area contributed by atoms with Gasteiger partial charge in [-0.2, -0.15) is 0 Å². The summed E-state index contributed by atoms with van der Waals surface area (Å²) in [6.07, 6.45) is 2.97. The molecule has 0 aliphatic carbocycles. The predicted octanol–water partition coefficient (Wildman–Crippen LogP) is 0.316. The van der Waals surface area contributed by atoms with Crippen LogP contribution in [-0.4, -0.2) is 34.2 Å². The third-order valence-electron chi connectivity index (χ3n) is 2.65. The highest BCUT2D eigenvalue weighted by Crippen LogP contribution is 2.12. The van der Waals surface area contributed by atoms with E-state index in [2.05, 4.69) is 20.3 Å². The minimum atomic E-state index is -1.23. The Hall–Kier alpha value is -2.61. The molecule has 0 radical (unpaired) electrons. The molecule has 0 saturated carbocycles. The van der Waals surface area contributed by atoms with Crippen LogP contribution in [0.5, 0.6) is 0 Å². The standard InChI is InChI=1S/C13H15N3O5/c1-13(19,7-9-3-2-5-20-9)8-14-11(17)12(18)15-10-4-6-21-16-10/h2-6,19H,7-8H2,1H3,(H,14,17)(H,15,16,18). The molecule has 2 heterocycles. The van der Waals surface area contributed by atoms with E-state index in [9.17, 15) is 14.7 Å². The molecule has 1 unspecified atom stereocenters. The summed E-state index contributed by atoms with van der Waals surface area (Å²) in [6.45, 7) is 1.43. The molecule has 2 aromatic rings. The minimum Gasteiger partial charge on any atom is -0.469 e. The summed E-state index contributed by atoms with van der Waals surface area (Å²) in [4.78, 5) is 23.1. The second-order valence-electron chi connectivity index (χ2n) is 4.77. The van der Waals surface area contributed by atoms with Crippen LogP contribution in [0.15, 0.2) is 39.7 Å². The van der Waals surface area contributed by atoms with Gasteiger partial charge in [0.2, 0.25) is 0 Å². The van der Waals surface area contributed by atoms with Crippen LogP contribution >= 0.6 is 0 Å². The molecule has 0 aliphatic rings. The van der Waals surface area contributed by atoms with Gasteiger partial charge in [-0.15, -0.1) is 0 Å². The van der Waals surface area contributed by atoms with Gasteiger partial charge in [0, 0.05) is 19.0 Å². The Morgan fingerprint density at radius 2 is 2.14 bits per heavy atom. The van der Waals surface area contributed by atoms with Crippen LogP contribution in [0.25, 0.3) is 0 Å². The van der Waals surface area contributed by atoms with Crippen LogP contribution in [0.1, 0.15) is 12.7 Å². The molecule has 2 rings (SSSR count). The van der Waals surface area contributed by atoms with E-state index in [0.29, 0.717) is 5.76 Å². The van der Waals surface area contributed by atoms with Crippen molar-refractivity contribution in [2.45, 2.75) is 18.9 Å². The Morgan fingerprint density at radius 1 is 1.33 bits per heavy atom. The van der Waals surface area contributed by atoms with Crippen LogP contribution in [0.2, 0.25) is 0 Å². The molecule has 1 atom stereocenters. The van der Waals surface area contributed by atoms with Crippen molar-refractivity contribution in [2.75, 3.05) is 11.9 Å². The monoisotopic (exact) mass is 293 g/mol. The highest BCUT2D eigenvalue weighted by atomic mass is 16.5. The fourth-order valence-corrected chi connectivity index (χ4v) is 1.65. The zero-order chi connectivity index (χ0) is 15.3. The summed E-state index contributed by atoms with van der Waals surface area (Å²) >= 11 is 0. The van der Waals surface area contributed by atoms with Crippen molar-refractivity contribution in [1.29, 1.82) is 0 Å². The average molecular weight is 293 g/mol. The van der Waals surface area contributed by atoms with Crippen LogP contribution in [0.4, 0.5) is 5.82 Å². The minimum absolute atomic E-state index is 0.0984. The molecule has 0 fully saturated rings. The second-order valence-corrected chi connectivity index (χ2v) is 4.77. The van der Waals surface area contributed by atoms with Crippen molar-refractivity contribution in [3.8, 4) is 0 Å². The Balaban J connectivity index is 1.81. The van der Waals surface area contributed by atoms with E-state index in [1.54, 1.807) is 12.1 Å². The lowest BCUT2D eigenvalue weighted by Crippen LogP contribution is -2.45. The molecule has 112 valence electrons. The van der Waals surface area contributed by atoms with Crippen molar-refractivity contribution >= 4 is 17.6 Å². The number of furan rings is 1. The molecule has 0 aromatic carbocycles. The summed E-state index contributed by atoms with van der Waals surface area (Å²) < 4.78 is 9.64. The topological polar surface area (TPSA) is 118 Å². The molecule has 0 saturated heterocycles. The maximum atomic E-state index is 11.6. The molecular weight excluding hydrogens is 278 g/mol. The van der Waals surface area contributed by atoms with Crippen LogP contribution < -0.4 is 10.6 Å². The third-order valence-corrected chi connectivity index (χ3v) is 2.65. The molecule has 0 spiro atoms. The first-order valence-electron chi connectivity index (χ1n) is 6.21. The Bertz CT molecular complexity index is 589.